The van der Waals surface area contributed by atoms with Crippen LogP contribution in [0.1, 0.15) is 11.7 Å². The smallest absolute Gasteiger partial charge is 0.317 e. The van der Waals surface area contributed by atoms with Crippen LogP contribution in [-0.2, 0) is 9.59 Å². The zero-order chi connectivity index (χ0) is 15.1. The van der Waals surface area contributed by atoms with Gasteiger partial charge in [-0.25, -0.2) is 0 Å². The Morgan fingerprint density at radius 2 is 1.85 bits per heavy atom. The van der Waals surface area contributed by atoms with Crippen LogP contribution >= 0.6 is 0 Å². The highest BCUT2D eigenvalue weighted by Crippen LogP contribution is 2.19. The predicted octanol–water partition coefficient (Wildman–Crippen LogP) is 0.200. The van der Waals surface area contributed by atoms with Crippen LogP contribution in [0, 0.1) is 0 Å². The van der Waals surface area contributed by atoms with Gasteiger partial charge in [0.25, 0.3) is 0 Å². The van der Waals surface area contributed by atoms with Gasteiger partial charge in [0.05, 0.1) is 26.3 Å². The summed E-state index contributed by atoms with van der Waals surface area (Å²) in [5.74, 6) is -1.74. The fraction of sp³-hybridized carbons (Fsp3) is 0.385. The van der Waals surface area contributed by atoms with Crippen molar-refractivity contribution in [2.45, 2.75) is 6.10 Å². The van der Waals surface area contributed by atoms with Gasteiger partial charge in [0.1, 0.15) is 5.75 Å². The van der Waals surface area contributed by atoms with E-state index in [4.69, 9.17) is 14.9 Å². The van der Waals surface area contributed by atoms with Crippen molar-refractivity contribution < 1.29 is 29.6 Å². The molecule has 1 atom stereocenters. The first-order chi connectivity index (χ1) is 9.42. The maximum absolute atomic E-state index is 10.7. The van der Waals surface area contributed by atoms with E-state index in [1.165, 1.54) is 7.11 Å². The molecule has 7 heteroatoms. The van der Waals surface area contributed by atoms with E-state index in [1.807, 2.05) is 0 Å². The SMILES string of the molecule is COc1cccc(C(O)CN(CC(=O)O)CC(=O)O)c1. The number of nitrogens with zero attached hydrogens (tertiary/aromatic N) is 1. The van der Waals surface area contributed by atoms with E-state index in [-0.39, 0.29) is 6.54 Å². The molecule has 3 N–H and O–H groups in total. The Morgan fingerprint density at radius 3 is 2.35 bits per heavy atom. The van der Waals surface area contributed by atoms with Crippen molar-refractivity contribution >= 4 is 11.9 Å². The first-order valence-electron chi connectivity index (χ1n) is 5.90. The van der Waals surface area contributed by atoms with E-state index in [2.05, 4.69) is 0 Å². The number of carboxylic acid groups (broad SMARTS) is 2. The van der Waals surface area contributed by atoms with Crippen molar-refractivity contribution in [3.63, 3.8) is 0 Å². The van der Waals surface area contributed by atoms with E-state index >= 15 is 0 Å². The van der Waals surface area contributed by atoms with Crippen molar-refractivity contribution in [2.75, 3.05) is 26.7 Å². The lowest BCUT2D eigenvalue weighted by molar-refractivity contribution is -0.142. The van der Waals surface area contributed by atoms with Gasteiger partial charge in [0, 0.05) is 6.54 Å². The van der Waals surface area contributed by atoms with E-state index in [0.717, 1.165) is 4.90 Å². The van der Waals surface area contributed by atoms with E-state index < -0.39 is 31.1 Å². The third-order valence-electron chi connectivity index (χ3n) is 2.63. The normalized spacial score (nSPS) is 12.2. The van der Waals surface area contributed by atoms with Crippen LogP contribution in [0.3, 0.4) is 0 Å². The molecule has 20 heavy (non-hydrogen) atoms. The number of aliphatic hydroxyl groups is 1. The van der Waals surface area contributed by atoms with Crippen LogP contribution in [0.15, 0.2) is 24.3 Å². The Kier molecular flexibility index (Phi) is 5.95. The van der Waals surface area contributed by atoms with Crippen molar-refractivity contribution in [1.29, 1.82) is 0 Å². The highest BCUT2D eigenvalue weighted by molar-refractivity contribution is 5.72. The molecule has 7 nitrogen and oxygen atoms in total. The molecule has 0 fully saturated rings. The van der Waals surface area contributed by atoms with Crippen LogP contribution in [0.4, 0.5) is 0 Å². The summed E-state index contributed by atoms with van der Waals surface area (Å²) < 4.78 is 5.03. The summed E-state index contributed by atoms with van der Waals surface area (Å²) in [4.78, 5) is 22.5. The highest BCUT2D eigenvalue weighted by Gasteiger charge is 2.18. The fourth-order valence-corrected chi connectivity index (χ4v) is 1.77. The van der Waals surface area contributed by atoms with Gasteiger partial charge >= 0.3 is 11.9 Å². The van der Waals surface area contributed by atoms with Crippen LogP contribution in [0.25, 0.3) is 0 Å². The molecular formula is C13H17NO6. The number of hydrogen-bond acceptors (Lipinski definition) is 5. The van der Waals surface area contributed by atoms with Gasteiger partial charge in [0.15, 0.2) is 0 Å². The number of methoxy groups -OCH3 is 1. The molecule has 0 bridgehead atoms. The summed E-state index contributed by atoms with van der Waals surface area (Å²) in [6.07, 6.45) is -0.996. The molecule has 0 saturated heterocycles. The molecule has 0 aliphatic heterocycles. The third-order valence-corrected chi connectivity index (χ3v) is 2.63. The number of carbonyl (C=O) groups is 2. The van der Waals surface area contributed by atoms with Crippen LogP contribution < -0.4 is 4.74 Å². The second-order valence-corrected chi connectivity index (χ2v) is 4.25. The van der Waals surface area contributed by atoms with E-state index in [0.29, 0.717) is 11.3 Å². The summed E-state index contributed by atoms with van der Waals surface area (Å²) in [5.41, 5.74) is 0.533. The number of ether oxygens (including phenoxy) is 1. The summed E-state index contributed by atoms with van der Waals surface area (Å²) in [7, 11) is 1.49. The summed E-state index contributed by atoms with van der Waals surface area (Å²) in [6.45, 7) is -0.994. The van der Waals surface area contributed by atoms with Gasteiger partial charge in [-0.05, 0) is 17.7 Å². The zero-order valence-corrected chi connectivity index (χ0v) is 11.0. The average molecular weight is 283 g/mol. The molecular weight excluding hydrogens is 266 g/mol. The molecule has 1 unspecified atom stereocenters. The number of carboxylic acids is 2. The molecule has 0 amide bonds. The summed E-state index contributed by atoms with van der Waals surface area (Å²) in [6, 6.07) is 6.68. The second kappa shape index (κ2) is 7.46. The number of hydrogen-bond donors (Lipinski definition) is 3. The van der Waals surface area contributed by atoms with Crippen molar-refractivity contribution in [3.05, 3.63) is 29.8 Å². The number of benzene rings is 1. The lowest BCUT2D eigenvalue weighted by atomic mass is 10.1. The van der Waals surface area contributed by atoms with Crippen molar-refractivity contribution in [1.82, 2.24) is 4.90 Å². The maximum Gasteiger partial charge on any atom is 0.317 e. The molecule has 0 aliphatic rings. The Morgan fingerprint density at radius 1 is 1.25 bits per heavy atom. The minimum Gasteiger partial charge on any atom is -0.497 e. The number of aliphatic hydroxyl groups excluding tert-OH is 1. The number of rotatable bonds is 8. The Hall–Kier alpha value is -2.12. The molecule has 110 valence electrons. The van der Waals surface area contributed by atoms with Gasteiger partial charge in [-0.15, -0.1) is 0 Å². The Labute approximate surface area is 116 Å². The predicted molar refractivity (Wildman–Crippen MR) is 69.7 cm³/mol. The van der Waals surface area contributed by atoms with Gasteiger partial charge in [-0.3, -0.25) is 14.5 Å². The summed E-state index contributed by atoms with van der Waals surface area (Å²) >= 11 is 0. The monoisotopic (exact) mass is 283 g/mol. The van der Waals surface area contributed by atoms with E-state index in [1.54, 1.807) is 24.3 Å². The van der Waals surface area contributed by atoms with Gasteiger partial charge < -0.3 is 20.1 Å². The standard InChI is InChI=1S/C13H17NO6/c1-20-10-4-2-3-9(5-10)11(15)6-14(7-12(16)17)8-13(18)19/h2-5,11,15H,6-8H2,1H3,(H,16,17)(H,18,19). The quantitative estimate of drug-likeness (QED) is 0.625. The molecule has 0 aromatic heterocycles. The fourth-order valence-electron chi connectivity index (χ4n) is 1.77. The maximum atomic E-state index is 10.7. The summed E-state index contributed by atoms with van der Waals surface area (Å²) in [5, 5.41) is 27.5. The molecule has 1 aromatic carbocycles. The molecule has 0 radical (unpaired) electrons. The Balaban J connectivity index is 2.75. The average Bonchev–Trinajstić information content (AvgIpc) is 2.37. The van der Waals surface area contributed by atoms with Crippen LogP contribution in [0.5, 0.6) is 5.75 Å². The number of aliphatic carboxylic acids is 2. The highest BCUT2D eigenvalue weighted by atomic mass is 16.5. The molecule has 0 spiro atoms. The lowest BCUT2D eigenvalue weighted by Crippen LogP contribution is -2.37. The first-order valence-corrected chi connectivity index (χ1v) is 5.90. The zero-order valence-electron chi connectivity index (χ0n) is 11.0. The van der Waals surface area contributed by atoms with E-state index in [9.17, 15) is 14.7 Å². The lowest BCUT2D eigenvalue weighted by Gasteiger charge is -2.22. The van der Waals surface area contributed by atoms with Crippen LogP contribution in [0.2, 0.25) is 0 Å². The molecule has 0 aliphatic carbocycles. The van der Waals surface area contributed by atoms with Gasteiger partial charge in [-0.2, -0.15) is 0 Å². The largest absolute Gasteiger partial charge is 0.497 e. The minimum absolute atomic E-state index is 0.0915. The van der Waals surface area contributed by atoms with Crippen molar-refractivity contribution in [2.24, 2.45) is 0 Å². The second-order valence-electron chi connectivity index (χ2n) is 4.25. The Bertz CT molecular complexity index is 460. The van der Waals surface area contributed by atoms with Crippen molar-refractivity contribution in [3.8, 4) is 5.75 Å². The molecule has 1 rings (SSSR count). The van der Waals surface area contributed by atoms with Crippen LogP contribution in [-0.4, -0.2) is 58.9 Å². The topological polar surface area (TPSA) is 107 Å². The van der Waals surface area contributed by atoms with Gasteiger partial charge in [0.2, 0.25) is 0 Å². The molecule has 1 aromatic rings. The van der Waals surface area contributed by atoms with Gasteiger partial charge in [-0.1, -0.05) is 12.1 Å². The molecule has 0 heterocycles. The third kappa shape index (κ3) is 5.25. The first kappa shape index (κ1) is 15.9. The minimum atomic E-state index is -1.15. The molecule has 0 saturated carbocycles.